The second kappa shape index (κ2) is 7.56. The van der Waals surface area contributed by atoms with E-state index in [0.29, 0.717) is 21.9 Å². The molecule has 5 nitrogen and oxygen atoms in total. The fourth-order valence-corrected chi connectivity index (χ4v) is 3.93. The largest absolute Gasteiger partial charge is 0.362 e. The SMILES string of the molecule is CN(C)c1ncc(-c2cc(-c3cc(Cl)ccc3F)nc3ncccc23)c2ccncc12. The molecule has 4 heterocycles. The van der Waals surface area contributed by atoms with Crippen LogP contribution in [0.1, 0.15) is 0 Å². The van der Waals surface area contributed by atoms with E-state index in [1.165, 1.54) is 12.1 Å². The predicted octanol–water partition coefficient (Wildman–Crippen LogP) is 5.77. The molecule has 0 bridgehead atoms. The summed E-state index contributed by atoms with van der Waals surface area (Å²) in [5.74, 6) is 0.428. The molecule has 0 saturated carbocycles. The van der Waals surface area contributed by atoms with Gasteiger partial charge in [-0.2, -0.15) is 0 Å². The Labute approximate surface area is 183 Å². The van der Waals surface area contributed by atoms with Gasteiger partial charge in [0.1, 0.15) is 11.6 Å². The van der Waals surface area contributed by atoms with E-state index in [2.05, 4.69) is 19.9 Å². The average molecular weight is 430 g/mol. The lowest BCUT2D eigenvalue weighted by molar-refractivity contribution is 0.631. The van der Waals surface area contributed by atoms with Crippen LogP contribution in [0.4, 0.5) is 10.2 Å². The standard InChI is InChI=1S/C24H17ClFN5/c1-31(2)24-20-12-27-9-7-15(20)19(13-29-24)17-11-22(18-10-14(25)5-6-21(18)26)30-23-16(17)4-3-8-28-23/h3-13H,1-2H3. The number of rotatable bonds is 3. The minimum Gasteiger partial charge on any atom is -0.362 e. The van der Waals surface area contributed by atoms with E-state index in [-0.39, 0.29) is 0 Å². The number of pyridine rings is 4. The summed E-state index contributed by atoms with van der Waals surface area (Å²) in [6.07, 6.45) is 7.06. The van der Waals surface area contributed by atoms with Gasteiger partial charge in [0.25, 0.3) is 0 Å². The van der Waals surface area contributed by atoms with E-state index >= 15 is 0 Å². The van der Waals surface area contributed by atoms with Crippen LogP contribution in [0.25, 0.3) is 44.2 Å². The third-order valence-corrected chi connectivity index (χ3v) is 5.41. The van der Waals surface area contributed by atoms with Crippen LogP contribution in [0.3, 0.4) is 0 Å². The smallest absolute Gasteiger partial charge is 0.160 e. The number of benzene rings is 1. The molecule has 5 rings (SSSR count). The van der Waals surface area contributed by atoms with Crippen molar-refractivity contribution in [3.05, 3.63) is 78.1 Å². The third kappa shape index (κ3) is 3.35. The second-order valence-corrected chi connectivity index (χ2v) is 7.80. The third-order valence-electron chi connectivity index (χ3n) is 5.17. The molecule has 7 heteroatoms. The van der Waals surface area contributed by atoms with Gasteiger partial charge in [0.05, 0.1) is 5.69 Å². The van der Waals surface area contributed by atoms with Crippen LogP contribution in [0.2, 0.25) is 5.02 Å². The highest BCUT2D eigenvalue weighted by molar-refractivity contribution is 6.30. The summed E-state index contributed by atoms with van der Waals surface area (Å²) in [5, 5.41) is 3.21. The summed E-state index contributed by atoms with van der Waals surface area (Å²) >= 11 is 6.14. The van der Waals surface area contributed by atoms with E-state index in [9.17, 15) is 4.39 Å². The molecule has 0 N–H and O–H groups in total. The molecule has 0 fully saturated rings. The van der Waals surface area contributed by atoms with Crippen LogP contribution in [0.5, 0.6) is 0 Å². The molecule has 0 unspecified atom stereocenters. The molecule has 0 aliphatic rings. The summed E-state index contributed by atoms with van der Waals surface area (Å²) in [6, 6.07) is 12.1. The molecule has 1 aromatic carbocycles. The Kier molecular flexibility index (Phi) is 4.71. The molecular formula is C24H17ClFN5. The summed E-state index contributed by atoms with van der Waals surface area (Å²) < 4.78 is 14.6. The molecule has 31 heavy (non-hydrogen) atoms. The summed E-state index contributed by atoms with van der Waals surface area (Å²) in [6.45, 7) is 0. The molecule has 0 aliphatic carbocycles. The summed E-state index contributed by atoms with van der Waals surface area (Å²) in [5.41, 5.74) is 3.06. The van der Waals surface area contributed by atoms with E-state index < -0.39 is 5.82 Å². The summed E-state index contributed by atoms with van der Waals surface area (Å²) in [4.78, 5) is 19.9. The molecule has 0 saturated heterocycles. The number of halogens is 2. The zero-order valence-electron chi connectivity index (χ0n) is 16.8. The Morgan fingerprint density at radius 2 is 1.71 bits per heavy atom. The van der Waals surface area contributed by atoms with Gasteiger partial charge in [-0.05, 0) is 53.4 Å². The van der Waals surface area contributed by atoms with Crippen molar-refractivity contribution < 1.29 is 4.39 Å². The van der Waals surface area contributed by atoms with Gasteiger partial charge in [-0.1, -0.05) is 11.6 Å². The first kappa shape index (κ1) is 19.3. The summed E-state index contributed by atoms with van der Waals surface area (Å²) in [7, 11) is 3.89. The normalized spacial score (nSPS) is 11.2. The van der Waals surface area contributed by atoms with E-state index in [0.717, 1.165) is 33.1 Å². The quantitative estimate of drug-likeness (QED) is 0.364. The van der Waals surface area contributed by atoms with Gasteiger partial charge in [-0.3, -0.25) is 4.98 Å². The van der Waals surface area contributed by atoms with E-state index in [4.69, 9.17) is 11.6 Å². The molecule has 0 amide bonds. The van der Waals surface area contributed by atoms with Crippen LogP contribution < -0.4 is 4.90 Å². The fraction of sp³-hybridized carbons (Fsp3) is 0.0833. The van der Waals surface area contributed by atoms with Gasteiger partial charge in [-0.25, -0.2) is 19.3 Å². The number of anilines is 1. The lowest BCUT2D eigenvalue weighted by Crippen LogP contribution is -2.11. The molecule has 0 spiro atoms. The van der Waals surface area contributed by atoms with Crippen molar-refractivity contribution in [2.75, 3.05) is 19.0 Å². The van der Waals surface area contributed by atoms with Gasteiger partial charge < -0.3 is 4.90 Å². The molecule has 0 radical (unpaired) electrons. The highest BCUT2D eigenvalue weighted by Crippen LogP contribution is 2.37. The molecule has 4 aromatic heterocycles. The van der Waals surface area contributed by atoms with Crippen molar-refractivity contribution in [3.8, 4) is 22.4 Å². The highest BCUT2D eigenvalue weighted by atomic mass is 35.5. The van der Waals surface area contributed by atoms with Crippen molar-refractivity contribution in [2.24, 2.45) is 0 Å². The van der Waals surface area contributed by atoms with Gasteiger partial charge in [0.15, 0.2) is 5.65 Å². The van der Waals surface area contributed by atoms with Crippen molar-refractivity contribution in [3.63, 3.8) is 0 Å². The van der Waals surface area contributed by atoms with Crippen LogP contribution in [0.15, 0.2) is 67.3 Å². The number of fused-ring (bicyclic) bond motifs is 2. The highest BCUT2D eigenvalue weighted by Gasteiger charge is 2.17. The zero-order chi connectivity index (χ0) is 21.5. The predicted molar refractivity (Wildman–Crippen MR) is 123 cm³/mol. The maximum atomic E-state index is 14.6. The lowest BCUT2D eigenvalue weighted by Gasteiger charge is -2.17. The first-order valence-corrected chi connectivity index (χ1v) is 10.0. The van der Waals surface area contributed by atoms with Crippen molar-refractivity contribution in [1.82, 2.24) is 19.9 Å². The minimum absolute atomic E-state index is 0.324. The molecule has 0 atom stereocenters. The lowest BCUT2D eigenvalue weighted by atomic mass is 9.97. The van der Waals surface area contributed by atoms with Crippen molar-refractivity contribution in [1.29, 1.82) is 0 Å². The van der Waals surface area contributed by atoms with Crippen molar-refractivity contribution >= 4 is 39.2 Å². The van der Waals surface area contributed by atoms with Crippen LogP contribution in [-0.2, 0) is 0 Å². The number of aromatic nitrogens is 4. The van der Waals surface area contributed by atoms with Crippen molar-refractivity contribution in [2.45, 2.75) is 0 Å². The maximum absolute atomic E-state index is 14.6. The topological polar surface area (TPSA) is 54.8 Å². The number of nitrogens with zero attached hydrogens (tertiary/aromatic N) is 5. The maximum Gasteiger partial charge on any atom is 0.160 e. The Morgan fingerprint density at radius 1 is 0.839 bits per heavy atom. The number of hydrogen-bond acceptors (Lipinski definition) is 5. The Hall–Kier alpha value is -3.64. The van der Waals surface area contributed by atoms with Gasteiger partial charge in [-0.15, -0.1) is 0 Å². The number of hydrogen-bond donors (Lipinski definition) is 0. The molecule has 0 aliphatic heterocycles. The first-order chi connectivity index (χ1) is 15.0. The Morgan fingerprint density at radius 3 is 2.55 bits per heavy atom. The van der Waals surface area contributed by atoms with Gasteiger partial charge in [0.2, 0.25) is 0 Å². The van der Waals surface area contributed by atoms with Gasteiger partial charge in [0, 0.05) is 65.8 Å². The first-order valence-electron chi connectivity index (χ1n) is 9.64. The monoisotopic (exact) mass is 429 g/mol. The zero-order valence-corrected chi connectivity index (χ0v) is 17.6. The molecule has 5 aromatic rings. The molecule has 152 valence electrons. The molecular weight excluding hydrogens is 413 g/mol. The fourth-order valence-electron chi connectivity index (χ4n) is 3.76. The van der Waals surface area contributed by atoms with Gasteiger partial charge >= 0.3 is 0 Å². The van der Waals surface area contributed by atoms with E-state index in [1.54, 1.807) is 24.7 Å². The Balaban J connectivity index is 1.86. The Bertz CT molecular complexity index is 1450. The second-order valence-electron chi connectivity index (χ2n) is 7.36. The van der Waals surface area contributed by atoms with Crippen LogP contribution >= 0.6 is 11.6 Å². The van der Waals surface area contributed by atoms with E-state index in [1.807, 2.05) is 49.5 Å². The minimum atomic E-state index is -0.395. The van der Waals surface area contributed by atoms with Crippen LogP contribution in [0, 0.1) is 5.82 Å². The average Bonchev–Trinajstić information content (AvgIpc) is 2.79. The van der Waals surface area contributed by atoms with Crippen LogP contribution in [-0.4, -0.2) is 34.0 Å².